The molecule has 3 aromatic rings. The van der Waals surface area contributed by atoms with Gasteiger partial charge < -0.3 is 4.74 Å². The summed E-state index contributed by atoms with van der Waals surface area (Å²) in [6.07, 6.45) is 1.81. The Labute approximate surface area is 167 Å². The van der Waals surface area contributed by atoms with Gasteiger partial charge in [0.15, 0.2) is 0 Å². The molecule has 1 N–H and O–H groups in total. The maximum atomic E-state index is 13.7. The Balaban J connectivity index is 1.50. The van der Waals surface area contributed by atoms with Crippen molar-refractivity contribution in [2.75, 3.05) is 0 Å². The van der Waals surface area contributed by atoms with E-state index >= 15 is 0 Å². The Morgan fingerprint density at radius 2 is 1.79 bits per heavy atom. The Bertz CT molecular complexity index is 940. The normalized spacial score (nSPS) is 10.8. The predicted molar refractivity (Wildman–Crippen MR) is 108 cm³/mol. The van der Waals surface area contributed by atoms with Gasteiger partial charge in [-0.2, -0.15) is 5.10 Å². The van der Waals surface area contributed by atoms with Crippen LogP contribution >= 0.6 is 11.6 Å². The van der Waals surface area contributed by atoms with Crippen LogP contribution in [0.1, 0.15) is 16.7 Å². The lowest BCUT2D eigenvalue weighted by Crippen LogP contribution is -2.19. The second-order valence-corrected chi connectivity index (χ2v) is 6.42. The monoisotopic (exact) mass is 396 g/mol. The van der Waals surface area contributed by atoms with Crippen LogP contribution in [0.25, 0.3) is 0 Å². The molecule has 0 aromatic heterocycles. The molecule has 0 heterocycles. The average Bonchev–Trinajstić information content (AvgIpc) is 2.69. The molecule has 4 nitrogen and oxygen atoms in total. The van der Waals surface area contributed by atoms with Gasteiger partial charge in [-0.15, -0.1) is 0 Å². The van der Waals surface area contributed by atoms with Crippen molar-refractivity contribution in [2.24, 2.45) is 5.10 Å². The third-order valence-corrected chi connectivity index (χ3v) is 4.29. The van der Waals surface area contributed by atoms with E-state index in [1.54, 1.807) is 42.6 Å². The molecule has 0 saturated carbocycles. The summed E-state index contributed by atoms with van der Waals surface area (Å²) in [7, 11) is 0. The number of hydrogen-bond acceptors (Lipinski definition) is 3. The summed E-state index contributed by atoms with van der Waals surface area (Å²) in [5.41, 5.74) is 4.52. The molecule has 0 radical (unpaired) electrons. The van der Waals surface area contributed by atoms with Crippen LogP contribution < -0.4 is 10.2 Å². The molecule has 3 rings (SSSR count). The van der Waals surface area contributed by atoms with Crippen molar-refractivity contribution in [3.63, 3.8) is 0 Å². The number of carbonyl (C=O) groups excluding carboxylic acids is 1. The maximum absolute atomic E-state index is 13.7. The molecular formula is C22H18ClFN2O2. The van der Waals surface area contributed by atoms with Crippen molar-refractivity contribution in [3.8, 4) is 5.75 Å². The summed E-state index contributed by atoms with van der Waals surface area (Å²) in [5.74, 6) is -0.0174. The highest BCUT2D eigenvalue weighted by Gasteiger charge is 2.07. The Hall–Kier alpha value is -3.18. The van der Waals surface area contributed by atoms with E-state index in [1.165, 1.54) is 6.07 Å². The van der Waals surface area contributed by atoms with Gasteiger partial charge in [0.05, 0.1) is 17.7 Å². The van der Waals surface area contributed by atoms with Gasteiger partial charge in [-0.25, -0.2) is 9.82 Å². The summed E-state index contributed by atoms with van der Waals surface area (Å²) in [6.45, 7) is 0.0362. The molecule has 6 heteroatoms. The first-order chi connectivity index (χ1) is 13.6. The highest BCUT2D eigenvalue weighted by atomic mass is 35.5. The molecule has 0 saturated heterocycles. The van der Waals surface area contributed by atoms with Crippen molar-refractivity contribution in [2.45, 2.75) is 13.0 Å². The summed E-state index contributed by atoms with van der Waals surface area (Å²) in [4.78, 5) is 11.8. The molecule has 0 bridgehead atoms. The number of nitrogens with one attached hydrogen (secondary N) is 1. The van der Waals surface area contributed by atoms with Gasteiger partial charge in [-0.3, -0.25) is 4.79 Å². The van der Waals surface area contributed by atoms with Crippen LogP contribution in [0, 0.1) is 5.82 Å². The zero-order valence-electron chi connectivity index (χ0n) is 14.9. The molecule has 0 spiro atoms. The quantitative estimate of drug-likeness (QED) is 0.462. The minimum atomic E-state index is -0.400. The minimum Gasteiger partial charge on any atom is -0.489 e. The summed E-state index contributed by atoms with van der Waals surface area (Å²) in [5, 5.41) is 4.28. The van der Waals surface area contributed by atoms with Gasteiger partial charge in [-0.05, 0) is 47.5 Å². The van der Waals surface area contributed by atoms with Crippen molar-refractivity contribution in [1.82, 2.24) is 5.43 Å². The number of hydrogen-bond donors (Lipinski definition) is 1. The fourth-order valence-electron chi connectivity index (χ4n) is 2.48. The lowest BCUT2D eigenvalue weighted by atomic mass is 10.1. The Morgan fingerprint density at radius 1 is 1.04 bits per heavy atom. The molecule has 0 aliphatic carbocycles. The summed E-state index contributed by atoms with van der Waals surface area (Å²) < 4.78 is 19.3. The lowest BCUT2D eigenvalue weighted by Gasteiger charge is -2.08. The van der Waals surface area contributed by atoms with Gasteiger partial charge in [0, 0.05) is 5.56 Å². The van der Waals surface area contributed by atoms with Gasteiger partial charge in [-0.1, -0.05) is 48.0 Å². The number of nitrogens with zero attached hydrogens (tertiary/aromatic N) is 1. The predicted octanol–water partition coefficient (Wildman–Crippen LogP) is 4.75. The van der Waals surface area contributed by atoms with Crippen LogP contribution in [-0.4, -0.2) is 12.1 Å². The number of hydrazone groups is 1. The van der Waals surface area contributed by atoms with Gasteiger partial charge >= 0.3 is 0 Å². The van der Waals surface area contributed by atoms with Gasteiger partial charge in [0.25, 0.3) is 0 Å². The number of ether oxygens (including phenoxy) is 1. The molecular weight excluding hydrogens is 379 g/mol. The number of carbonyl (C=O) groups is 1. The van der Waals surface area contributed by atoms with E-state index in [0.29, 0.717) is 16.3 Å². The summed E-state index contributed by atoms with van der Waals surface area (Å²) >= 11 is 5.98. The Morgan fingerprint density at radius 3 is 2.50 bits per heavy atom. The van der Waals surface area contributed by atoms with Crippen LogP contribution in [-0.2, 0) is 17.8 Å². The molecule has 1 amide bonds. The zero-order chi connectivity index (χ0) is 19.8. The van der Waals surface area contributed by atoms with Crippen molar-refractivity contribution in [1.29, 1.82) is 0 Å². The largest absolute Gasteiger partial charge is 0.489 e. The second-order valence-electron chi connectivity index (χ2n) is 6.01. The minimum absolute atomic E-state index is 0.0362. The van der Waals surface area contributed by atoms with E-state index in [4.69, 9.17) is 16.3 Å². The standard InChI is InChI=1S/C22H18ClFN2O2/c23-20-7-4-8-21(24)19(20)15-28-18-11-9-17(10-12-18)14-25-26-22(27)13-16-5-2-1-3-6-16/h1-12,14H,13,15H2,(H,26,27)/b25-14+. The van der Waals surface area contributed by atoms with Crippen molar-refractivity contribution >= 4 is 23.7 Å². The van der Waals surface area contributed by atoms with E-state index in [9.17, 15) is 9.18 Å². The molecule has 0 unspecified atom stereocenters. The van der Waals surface area contributed by atoms with Crippen LogP contribution in [0.5, 0.6) is 5.75 Å². The van der Waals surface area contributed by atoms with E-state index in [2.05, 4.69) is 10.5 Å². The van der Waals surface area contributed by atoms with Gasteiger partial charge in [0.2, 0.25) is 5.91 Å². The number of amides is 1. The maximum Gasteiger partial charge on any atom is 0.244 e. The van der Waals surface area contributed by atoms with Crippen LogP contribution in [0.15, 0.2) is 77.9 Å². The molecule has 0 aliphatic rings. The fraction of sp³-hybridized carbons (Fsp3) is 0.0909. The lowest BCUT2D eigenvalue weighted by molar-refractivity contribution is -0.120. The smallest absolute Gasteiger partial charge is 0.244 e. The topological polar surface area (TPSA) is 50.7 Å². The molecule has 28 heavy (non-hydrogen) atoms. The van der Waals surface area contributed by atoms with E-state index in [-0.39, 0.29) is 18.9 Å². The highest BCUT2D eigenvalue weighted by Crippen LogP contribution is 2.21. The van der Waals surface area contributed by atoms with Gasteiger partial charge in [0.1, 0.15) is 18.2 Å². The number of halogens is 2. The third-order valence-electron chi connectivity index (χ3n) is 3.94. The van der Waals surface area contributed by atoms with Crippen LogP contribution in [0.4, 0.5) is 4.39 Å². The van der Waals surface area contributed by atoms with Crippen LogP contribution in [0.3, 0.4) is 0 Å². The van der Waals surface area contributed by atoms with Crippen molar-refractivity contribution in [3.05, 3.63) is 100 Å². The second kappa shape index (κ2) is 9.67. The van der Waals surface area contributed by atoms with E-state index in [1.807, 2.05) is 30.3 Å². The molecule has 0 aliphatic heterocycles. The average molecular weight is 397 g/mol. The molecule has 142 valence electrons. The van der Waals surface area contributed by atoms with E-state index < -0.39 is 5.82 Å². The molecule has 3 aromatic carbocycles. The van der Waals surface area contributed by atoms with Crippen molar-refractivity contribution < 1.29 is 13.9 Å². The molecule has 0 atom stereocenters. The molecule has 0 fully saturated rings. The van der Waals surface area contributed by atoms with E-state index in [0.717, 1.165) is 11.1 Å². The number of benzene rings is 3. The van der Waals surface area contributed by atoms with Crippen LogP contribution in [0.2, 0.25) is 5.02 Å². The zero-order valence-corrected chi connectivity index (χ0v) is 15.7. The first kappa shape index (κ1) is 19.6. The highest BCUT2D eigenvalue weighted by molar-refractivity contribution is 6.31. The first-order valence-corrected chi connectivity index (χ1v) is 9.01. The SMILES string of the molecule is O=C(Cc1ccccc1)N/N=C/c1ccc(OCc2c(F)cccc2Cl)cc1. The first-order valence-electron chi connectivity index (χ1n) is 8.63. The summed E-state index contributed by atoms with van der Waals surface area (Å²) in [6, 6.07) is 21.0. The fourth-order valence-corrected chi connectivity index (χ4v) is 2.69. The third kappa shape index (κ3) is 5.66. The Kier molecular flexibility index (Phi) is 6.76. The number of rotatable bonds is 7.